The lowest BCUT2D eigenvalue weighted by atomic mass is 9.85. The van der Waals surface area contributed by atoms with Crippen molar-refractivity contribution in [3.63, 3.8) is 0 Å². The number of nitrogens with one attached hydrogen (secondary N) is 2. The van der Waals surface area contributed by atoms with E-state index in [9.17, 15) is 4.79 Å². The smallest absolute Gasteiger partial charge is 0.259 e. The van der Waals surface area contributed by atoms with Gasteiger partial charge in [-0.05, 0) is 55.0 Å². The highest BCUT2D eigenvalue weighted by molar-refractivity contribution is 6.07. The molecule has 0 aliphatic rings. The fourth-order valence-electron chi connectivity index (χ4n) is 3.91. The van der Waals surface area contributed by atoms with Gasteiger partial charge in [-0.1, -0.05) is 20.8 Å². The van der Waals surface area contributed by atoms with Gasteiger partial charge in [0.1, 0.15) is 24.7 Å². The van der Waals surface area contributed by atoms with Crippen LogP contribution in [0.1, 0.15) is 60.7 Å². The fraction of sp³-hybridized carbons (Fsp3) is 0.519. The Labute approximate surface area is 225 Å². The molecule has 38 heavy (non-hydrogen) atoms. The van der Waals surface area contributed by atoms with Crippen LogP contribution in [0.25, 0.3) is 0 Å². The molecule has 11 nitrogen and oxygen atoms in total. The number of rotatable bonds is 16. The van der Waals surface area contributed by atoms with Gasteiger partial charge in [0, 0.05) is 36.0 Å². The second kappa shape index (κ2) is 15.5. The van der Waals surface area contributed by atoms with Crippen LogP contribution >= 0.6 is 0 Å². The first-order chi connectivity index (χ1) is 18.2. The number of nitrogen functional groups attached to an aromatic ring is 1. The van der Waals surface area contributed by atoms with Gasteiger partial charge in [0.15, 0.2) is 0 Å². The molecule has 2 aromatic carbocycles. The van der Waals surface area contributed by atoms with Crippen LogP contribution in [0, 0.1) is 0 Å². The molecule has 0 heterocycles. The molecule has 12 N–H and O–H groups in total. The molecule has 0 saturated carbocycles. The van der Waals surface area contributed by atoms with E-state index in [0.717, 1.165) is 29.7 Å². The highest BCUT2D eigenvalue weighted by Crippen LogP contribution is 2.35. The van der Waals surface area contributed by atoms with Crippen molar-refractivity contribution in [2.75, 3.05) is 50.3 Å². The Kier molecular flexibility index (Phi) is 12.7. The van der Waals surface area contributed by atoms with Crippen molar-refractivity contribution >= 4 is 17.3 Å². The van der Waals surface area contributed by atoms with Crippen LogP contribution in [0.3, 0.4) is 0 Å². The van der Waals surface area contributed by atoms with Gasteiger partial charge in [0.05, 0.1) is 24.6 Å². The molecule has 0 aliphatic carbocycles. The average Bonchev–Trinajstić information content (AvgIpc) is 2.89. The Balaban J connectivity index is 2.59. The van der Waals surface area contributed by atoms with Gasteiger partial charge in [-0.15, -0.1) is 0 Å². The SMILES string of the molecule is CC(C)(C)c1cc(NN)c(CCCCN)c(NC(=O)c2cc(COCN)c(OCCN)cc2OCCN)c1. The molecule has 0 bridgehead atoms. The zero-order chi connectivity index (χ0) is 28.1. The number of carbonyl (C=O) groups is 1. The van der Waals surface area contributed by atoms with E-state index in [1.165, 1.54) is 0 Å². The normalized spacial score (nSPS) is 11.4. The summed E-state index contributed by atoms with van der Waals surface area (Å²) in [5.41, 5.74) is 29.5. The highest BCUT2D eigenvalue weighted by Gasteiger charge is 2.23. The third-order valence-corrected chi connectivity index (χ3v) is 5.93. The Bertz CT molecular complexity index is 1040. The van der Waals surface area contributed by atoms with Gasteiger partial charge in [-0.3, -0.25) is 10.6 Å². The first-order valence-corrected chi connectivity index (χ1v) is 13.0. The maximum absolute atomic E-state index is 13.8. The zero-order valence-electron chi connectivity index (χ0n) is 22.9. The topological polar surface area (TPSA) is 199 Å². The lowest BCUT2D eigenvalue weighted by Gasteiger charge is -2.24. The number of hydrazine groups is 1. The van der Waals surface area contributed by atoms with E-state index < -0.39 is 0 Å². The van der Waals surface area contributed by atoms with E-state index in [2.05, 4.69) is 31.5 Å². The summed E-state index contributed by atoms with van der Waals surface area (Å²) >= 11 is 0. The molecule has 1 amide bonds. The standard InChI is InChI=1S/C27H45N7O4/c1-27(2,3)19-13-22(20(6-4-5-7-28)23(14-19)34-32)33-26(35)21-12-18(16-36-17-31)24(37-10-8-29)15-25(21)38-11-9-30/h12-15,34H,4-11,16-17,28-32H2,1-3H3,(H,33,35). The van der Waals surface area contributed by atoms with E-state index in [1.807, 2.05) is 12.1 Å². The van der Waals surface area contributed by atoms with Crippen LogP contribution in [-0.2, 0) is 23.2 Å². The highest BCUT2D eigenvalue weighted by atomic mass is 16.5. The van der Waals surface area contributed by atoms with Crippen molar-refractivity contribution in [2.24, 2.45) is 28.8 Å². The number of hydrogen-bond donors (Lipinski definition) is 7. The quantitative estimate of drug-likeness (QED) is 0.0726. The predicted octanol–water partition coefficient (Wildman–Crippen LogP) is 1.91. The molecule has 2 aromatic rings. The average molecular weight is 532 g/mol. The summed E-state index contributed by atoms with van der Waals surface area (Å²) in [4.78, 5) is 13.8. The second-order valence-corrected chi connectivity index (χ2v) is 9.89. The molecule has 0 radical (unpaired) electrons. The van der Waals surface area contributed by atoms with Crippen LogP contribution in [-0.4, -0.2) is 45.5 Å². The van der Waals surface area contributed by atoms with Gasteiger partial charge in [-0.25, -0.2) is 0 Å². The Morgan fingerprint density at radius 2 is 1.53 bits per heavy atom. The maximum atomic E-state index is 13.8. The number of ether oxygens (including phenoxy) is 3. The van der Waals surface area contributed by atoms with Crippen LogP contribution in [0.5, 0.6) is 11.5 Å². The van der Waals surface area contributed by atoms with Gasteiger partial charge < -0.3 is 47.9 Å². The summed E-state index contributed by atoms with van der Waals surface area (Å²) in [5, 5.41) is 3.10. The third kappa shape index (κ3) is 8.83. The number of amides is 1. The zero-order valence-corrected chi connectivity index (χ0v) is 22.9. The number of hydrogen-bond acceptors (Lipinski definition) is 10. The summed E-state index contributed by atoms with van der Waals surface area (Å²) in [6.07, 6.45) is 2.39. The molecular weight excluding hydrogens is 486 g/mol. The van der Waals surface area contributed by atoms with Gasteiger partial charge >= 0.3 is 0 Å². The maximum Gasteiger partial charge on any atom is 0.259 e. The summed E-state index contributed by atoms with van der Waals surface area (Å²) in [6, 6.07) is 7.37. The molecular formula is C27H45N7O4. The van der Waals surface area contributed by atoms with E-state index in [0.29, 0.717) is 47.8 Å². The Morgan fingerprint density at radius 1 is 0.868 bits per heavy atom. The minimum absolute atomic E-state index is 0.0178. The molecule has 11 heteroatoms. The van der Waals surface area contributed by atoms with Crippen molar-refractivity contribution in [1.29, 1.82) is 0 Å². The molecule has 0 unspecified atom stereocenters. The van der Waals surface area contributed by atoms with E-state index in [4.69, 9.17) is 43.0 Å². The van der Waals surface area contributed by atoms with E-state index in [1.54, 1.807) is 12.1 Å². The molecule has 0 aliphatic heterocycles. The van der Waals surface area contributed by atoms with Crippen molar-refractivity contribution in [3.05, 3.63) is 46.5 Å². The first-order valence-electron chi connectivity index (χ1n) is 13.0. The van der Waals surface area contributed by atoms with Crippen molar-refractivity contribution < 1.29 is 19.0 Å². The van der Waals surface area contributed by atoms with Crippen molar-refractivity contribution in [1.82, 2.24) is 0 Å². The van der Waals surface area contributed by atoms with Crippen LogP contribution < -0.4 is 49.0 Å². The predicted molar refractivity (Wildman–Crippen MR) is 152 cm³/mol. The van der Waals surface area contributed by atoms with Gasteiger partial charge in [0.2, 0.25) is 0 Å². The molecule has 0 aromatic heterocycles. The molecule has 0 saturated heterocycles. The second-order valence-electron chi connectivity index (χ2n) is 9.89. The molecule has 0 spiro atoms. The molecule has 212 valence electrons. The summed E-state index contributed by atoms with van der Waals surface area (Å²) in [6.45, 7) is 8.18. The van der Waals surface area contributed by atoms with Crippen molar-refractivity contribution in [2.45, 2.75) is 52.1 Å². The lowest BCUT2D eigenvalue weighted by Crippen LogP contribution is -2.21. The number of benzene rings is 2. The van der Waals surface area contributed by atoms with Crippen LogP contribution in [0.4, 0.5) is 11.4 Å². The molecule has 0 fully saturated rings. The minimum Gasteiger partial charge on any atom is -0.492 e. The largest absolute Gasteiger partial charge is 0.492 e. The summed E-state index contributed by atoms with van der Waals surface area (Å²) in [7, 11) is 0. The first kappa shape index (κ1) is 31.3. The Morgan fingerprint density at radius 3 is 2.11 bits per heavy atom. The summed E-state index contributed by atoms with van der Waals surface area (Å²) in [5.74, 6) is 6.40. The fourth-order valence-corrected chi connectivity index (χ4v) is 3.91. The van der Waals surface area contributed by atoms with Gasteiger partial charge in [-0.2, -0.15) is 0 Å². The number of unbranched alkanes of at least 4 members (excludes halogenated alkanes) is 1. The molecule has 0 atom stereocenters. The number of nitrogens with two attached hydrogens (primary N) is 5. The number of carbonyl (C=O) groups excluding carboxylic acids is 1. The van der Waals surface area contributed by atoms with Crippen LogP contribution in [0.15, 0.2) is 24.3 Å². The number of anilines is 2. The van der Waals surface area contributed by atoms with E-state index in [-0.39, 0.29) is 44.4 Å². The van der Waals surface area contributed by atoms with Gasteiger partial charge in [0.25, 0.3) is 5.91 Å². The van der Waals surface area contributed by atoms with Crippen molar-refractivity contribution in [3.8, 4) is 11.5 Å². The lowest BCUT2D eigenvalue weighted by molar-refractivity contribution is 0.102. The third-order valence-electron chi connectivity index (χ3n) is 5.93. The minimum atomic E-state index is -0.356. The molecule has 2 rings (SSSR count). The monoisotopic (exact) mass is 531 g/mol. The van der Waals surface area contributed by atoms with E-state index >= 15 is 0 Å². The Hall–Kier alpha value is -2.93. The summed E-state index contributed by atoms with van der Waals surface area (Å²) < 4.78 is 17.1. The van der Waals surface area contributed by atoms with Crippen LogP contribution in [0.2, 0.25) is 0 Å².